The Morgan fingerprint density at radius 2 is 1.64 bits per heavy atom. The molecular weight excluding hydrogens is 640 g/mol. The van der Waals surface area contributed by atoms with Crippen LogP contribution in [0.4, 0.5) is 4.79 Å². The van der Waals surface area contributed by atoms with Gasteiger partial charge >= 0.3 is 30.0 Å². The monoisotopic (exact) mass is 680 g/mol. The third kappa shape index (κ3) is 10.9. The summed E-state index contributed by atoms with van der Waals surface area (Å²) < 4.78 is 33.8. The molecule has 0 radical (unpaired) electrons. The molecular formula is C30H40N4O12S. The van der Waals surface area contributed by atoms with Crippen LogP contribution in [0.25, 0.3) is 10.4 Å². The highest BCUT2D eigenvalue weighted by atomic mass is 32.2. The SMILES string of the molecule is COC(=O)[C@]1(Sc2ccc(C)cc2)C[C@H](OC(C)=O)[C@@H](N(C(C)=O)C(=O)OC(C)(C)C)[C@H]([C@H](OC(C)=O)[C@@H](CN=[N+]=[N-])OC(C)=O)O1. The van der Waals surface area contributed by atoms with Gasteiger partial charge in [0.15, 0.2) is 6.10 Å². The summed E-state index contributed by atoms with van der Waals surface area (Å²) in [5.41, 5.74) is 8.87. The number of benzene rings is 1. The van der Waals surface area contributed by atoms with Gasteiger partial charge in [0, 0.05) is 43.9 Å². The van der Waals surface area contributed by atoms with Crippen LogP contribution < -0.4 is 0 Å². The van der Waals surface area contributed by atoms with Crippen LogP contribution in [-0.4, -0.2) is 95.4 Å². The maximum absolute atomic E-state index is 13.7. The molecule has 0 unspecified atom stereocenters. The maximum atomic E-state index is 13.7. The Labute approximate surface area is 276 Å². The average Bonchev–Trinajstić information content (AvgIpc) is 2.94. The molecule has 0 N–H and O–H groups in total. The Hall–Kier alpha value is -4.34. The maximum Gasteiger partial charge on any atom is 0.417 e. The summed E-state index contributed by atoms with van der Waals surface area (Å²) in [6.07, 6.45) is -8.32. The van der Waals surface area contributed by atoms with Crippen LogP contribution in [0.15, 0.2) is 34.3 Å². The van der Waals surface area contributed by atoms with E-state index in [1.807, 2.05) is 6.92 Å². The fourth-order valence-electron chi connectivity index (χ4n) is 4.88. The summed E-state index contributed by atoms with van der Waals surface area (Å²) in [6.45, 7) is 10.1. The van der Waals surface area contributed by atoms with Gasteiger partial charge in [0.05, 0.1) is 13.7 Å². The molecule has 0 spiro atoms. The molecule has 2 rings (SSSR count). The number of carbonyl (C=O) groups is 6. The number of amides is 2. The molecule has 1 saturated heterocycles. The number of methoxy groups -OCH3 is 1. The van der Waals surface area contributed by atoms with E-state index in [1.165, 1.54) is 0 Å². The summed E-state index contributed by atoms with van der Waals surface area (Å²) in [5, 5.41) is 3.47. The van der Waals surface area contributed by atoms with Crippen molar-refractivity contribution in [1.29, 1.82) is 0 Å². The van der Waals surface area contributed by atoms with Crippen molar-refractivity contribution in [1.82, 2.24) is 4.90 Å². The highest BCUT2D eigenvalue weighted by Crippen LogP contribution is 2.47. The van der Waals surface area contributed by atoms with E-state index in [4.69, 9.17) is 34.0 Å². The van der Waals surface area contributed by atoms with Gasteiger partial charge in [-0.1, -0.05) is 34.6 Å². The smallest absolute Gasteiger partial charge is 0.417 e. The number of carbonyl (C=O) groups excluding carboxylic acids is 6. The van der Waals surface area contributed by atoms with Gasteiger partial charge in [-0.05, 0) is 45.4 Å². The number of thioether (sulfide) groups is 1. The van der Waals surface area contributed by atoms with Crippen LogP contribution in [0.1, 0.15) is 60.5 Å². The second-order valence-electron chi connectivity index (χ2n) is 11.6. The molecule has 0 bridgehead atoms. The molecule has 6 atom stereocenters. The Morgan fingerprint density at radius 1 is 1.04 bits per heavy atom. The lowest BCUT2D eigenvalue weighted by Gasteiger charge is -2.50. The number of aryl methyl sites for hydroxylation is 1. The van der Waals surface area contributed by atoms with Crippen molar-refractivity contribution in [3.05, 3.63) is 40.3 Å². The average molecular weight is 681 g/mol. The van der Waals surface area contributed by atoms with Gasteiger partial charge in [-0.25, -0.2) is 14.5 Å². The van der Waals surface area contributed by atoms with E-state index in [0.29, 0.717) is 9.80 Å². The Bertz CT molecular complexity index is 1390. The fourth-order valence-corrected chi connectivity index (χ4v) is 6.11. The minimum Gasteiger partial charge on any atom is -0.466 e. The zero-order valence-electron chi connectivity index (χ0n) is 27.7. The third-order valence-electron chi connectivity index (χ3n) is 6.49. The number of rotatable bonds is 11. The molecule has 1 fully saturated rings. The van der Waals surface area contributed by atoms with Crippen LogP contribution in [0, 0.1) is 6.92 Å². The first-order chi connectivity index (χ1) is 21.8. The highest BCUT2D eigenvalue weighted by molar-refractivity contribution is 8.01. The predicted octanol–water partition coefficient (Wildman–Crippen LogP) is 4.00. The Kier molecular flexibility index (Phi) is 13.6. The molecule has 0 aromatic heterocycles. The van der Waals surface area contributed by atoms with Crippen molar-refractivity contribution < 1.29 is 57.2 Å². The standard InChI is InChI=1S/C30H40N4O12S/c1-16-10-12-21(13-11-16)47-30(27(39)41-9)14-22(42-18(3)36)24(34(17(2)35)28(40)46-29(6,7)8)26(45-30)25(44-20(5)38)23(15-32-33-31)43-19(4)37/h10-13,22-26H,14-15H2,1-9H3/t22-,23+,24+,25+,26+,30+/m0/s1. The zero-order chi connectivity index (χ0) is 35.7. The van der Waals surface area contributed by atoms with Crippen molar-refractivity contribution in [2.45, 2.75) is 108 Å². The van der Waals surface area contributed by atoms with Gasteiger partial charge in [-0.3, -0.25) is 19.2 Å². The van der Waals surface area contributed by atoms with E-state index < -0.39 is 89.8 Å². The van der Waals surface area contributed by atoms with E-state index in [0.717, 1.165) is 52.1 Å². The van der Waals surface area contributed by atoms with Crippen LogP contribution in [0.5, 0.6) is 0 Å². The zero-order valence-corrected chi connectivity index (χ0v) is 28.5. The van der Waals surface area contributed by atoms with Gasteiger partial charge in [0.1, 0.15) is 30.0 Å². The fraction of sp³-hybridized carbons (Fsp3) is 0.600. The van der Waals surface area contributed by atoms with Crippen molar-refractivity contribution in [2.75, 3.05) is 13.7 Å². The molecule has 258 valence electrons. The van der Waals surface area contributed by atoms with Crippen LogP contribution in [-0.2, 0) is 52.4 Å². The number of esters is 4. The number of hydrogen-bond acceptors (Lipinski definition) is 14. The molecule has 0 saturated carbocycles. The second kappa shape index (κ2) is 16.5. The topological polar surface area (TPSA) is 210 Å². The summed E-state index contributed by atoms with van der Waals surface area (Å²) in [4.78, 5) is 79.7. The van der Waals surface area contributed by atoms with Gasteiger partial charge in [-0.15, -0.1) is 0 Å². The molecule has 1 aromatic rings. The number of imide groups is 1. The molecule has 16 nitrogen and oxygen atoms in total. The van der Waals surface area contributed by atoms with Crippen molar-refractivity contribution in [2.24, 2.45) is 5.11 Å². The Balaban J connectivity index is 3.01. The van der Waals surface area contributed by atoms with Crippen molar-refractivity contribution >= 4 is 47.6 Å². The largest absolute Gasteiger partial charge is 0.466 e. The molecule has 0 aliphatic carbocycles. The first kappa shape index (κ1) is 38.8. The lowest BCUT2D eigenvalue weighted by molar-refractivity contribution is -0.229. The second-order valence-corrected chi connectivity index (χ2v) is 12.9. The third-order valence-corrected chi connectivity index (χ3v) is 7.76. The quantitative estimate of drug-likeness (QED) is 0.106. The molecule has 2 amide bonds. The number of azide groups is 1. The molecule has 1 aromatic carbocycles. The van der Waals surface area contributed by atoms with E-state index in [1.54, 1.807) is 45.0 Å². The van der Waals surface area contributed by atoms with Crippen molar-refractivity contribution in [3.63, 3.8) is 0 Å². The van der Waals surface area contributed by atoms with Gasteiger partial charge in [0.25, 0.3) is 0 Å². The summed E-state index contributed by atoms with van der Waals surface area (Å²) in [5.74, 6) is -4.54. The van der Waals surface area contributed by atoms with E-state index in [2.05, 4.69) is 10.0 Å². The lowest BCUT2D eigenvalue weighted by atomic mass is 9.88. The van der Waals surface area contributed by atoms with Crippen LogP contribution >= 0.6 is 11.8 Å². The normalized spacial score (nSPS) is 21.9. The molecule has 1 aliphatic rings. The summed E-state index contributed by atoms with van der Waals surface area (Å²) in [7, 11) is 1.10. The van der Waals surface area contributed by atoms with Gasteiger partial charge in [-0.2, -0.15) is 0 Å². The molecule has 1 aliphatic heterocycles. The molecule has 17 heteroatoms. The van der Waals surface area contributed by atoms with E-state index in [9.17, 15) is 28.8 Å². The predicted molar refractivity (Wildman–Crippen MR) is 164 cm³/mol. The minimum atomic E-state index is -2.07. The first-order valence-corrected chi connectivity index (χ1v) is 15.2. The highest BCUT2D eigenvalue weighted by Gasteiger charge is 2.61. The van der Waals surface area contributed by atoms with Crippen molar-refractivity contribution in [3.8, 4) is 0 Å². The molecule has 1 heterocycles. The van der Waals surface area contributed by atoms with Crippen LogP contribution in [0.2, 0.25) is 0 Å². The van der Waals surface area contributed by atoms with Gasteiger partial charge in [0.2, 0.25) is 10.8 Å². The summed E-state index contributed by atoms with van der Waals surface area (Å²) in [6, 6.07) is 5.30. The van der Waals surface area contributed by atoms with Crippen LogP contribution in [0.3, 0.4) is 0 Å². The van der Waals surface area contributed by atoms with E-state index in [-0.39, 0.29) is 0 Å². The number of hydrogen-bond donors (Lipinski definition) is 0. The number of nitrogens with zero attached hydrogens (tertiary/aromatic N) is 4. The number of ether oxygens (including phenoxy) is 6. The minimum absolute atomic E-state index is 0.479. The summed E-state index contributed by atoms with van der Waals surface area (Å²) >= 11 is 0.870. The Morgan fingerprint density at radius 3 is 2.11 bits per heavy atom. The van der Waals surface area contributed by atoms with E-state index >= 15 is 0 Å². The van der Waals surface area contributed by atoms with Gasteiger partial charge < -0.3 is 28.4 Å². The molecule has 47 heavy (non-hydrogen) atoms. The lowest BCUT2D eigenvalue weighted by Crippen LogP contribution is -2.69. The first-order valence-electron chi connectivity index (χ1n) is 14.4.